The Hall–Kier alpha value is -3.30. The number of nitro benzene ring substituents is 1. The minimum Gasteiger partial charge on any atom is -0.424 e. The zero-order chi connectivity index (χ0) is 16.8. The van der Waals surface area contributed by atoms with Crippen LogP contribution in [0.5, 0.6) is 5.75 Å². The third-order valence-corrected chi connectivity index (χ3v) is 2.85. The van der Waals surface area contributed by atoms with Gasteiger partial charge in [0.1, 0.15) is 5.52 Å². The minimum atomic E-state index is -0.945. The quantitative estimate of drug-likeness (QED) is 0.248. The molecule has 1 aromatic carbocycles. The van der Waals surface area contributed by atoms with Crippen LogP contribution in [-0.4, -0.2) is 27.6 Å². The number of aromatic nitrogens is 1. The Bertz CT molecular complexity index is 762. The summed E-state index contributed by atoms with van der Waals surface area (Å²) >= 11 is 0. The molecule has 0 saturated heterocycles. The van der Waals surface area contributed by atoms with Crippen molar-refractivity contribution in [1.82, 2.24) is 4.98 Å². The molecule has 0 fully saturated rings. The molecule has 2 rings (SSSR count). The van der Waals surface area contributed by atoms with E-state index in [0.29, 0.717) is 0 Å². The summed E-state index contributed by atoms with van der Waals surface area (Å²) in [6.45, 7) is -0.221. The first-order chi connectivity index (χ1) is 11.0. The van der Waals surface area contributed by atoms with E-state index in [4.69, 9.17) is 4.74 Å². The van der Waals surface area contributed by atoms with Crippen LogP contribution < -0.4 is 4.74 Å². The second-order valence-electron chi connectivity index (χ2n) is 4.37. The monoisotopic (exact) mass is 321 g/mol. The molecule has 1 heterocycles. The maximum absolute atomic E-state index is 11.7. The molecule has 0 spiro atoms. The molecule has 1 aromatic heterocycles. The van der Waals surface area contributed by atoms with Crippen molar-refractivity contribution in [2.24, 2.45) is 0 Å². The van der Waals surface area contributed by atoms with Gasteiger partial charge in [-0.1, -0.05) is 0 Å². The molecule has 0 atom stereocenters. The highest BCUT2D eigenvalue weighted by Gasteiger charge is 2.17. The SMILES string of the molecule is O=C(CCCO[N+](=O)[O-])Oc1ccc([N+](=O)[O-])c2cccnc12. The van der Waals surface area contributed by atoms with Crippen molar-refractivity contribution in [2.75, 3.05) is 6.61 Å². The lowest BCUT2D eigenvalue weighted by Crippen LogP contribution is -2.11. The maximum Gasteiger partial charge on any atom is 0.311 e. The fourth-order valence-corrected chi connectivity index (χ4v) is 1.90. The first-order valence-corrected chi connectivity index (χ1v) is 6.49. The Morgan fingerprint density at radius 1 is 1.22 bits per heavy atom. The van der Waals surface area contributed by atoms with Crippen molar-refractivity contribution in [2.45, 2.75) is 12.8 Å². The van der Waals surface area contributed by atoms with Gasteiger partial charge in [-0.3, -0.25) is 19.9 Å². The summed E-state index contributed by atoms with van der Waals surface area (Å²) in [6.07, 6.45) is 1.44. The molecule has 0 aliphatic heterocycles. The van der Waals surface area contributed by atoms with E-state index in [2.05, 4.69) is 9.82 Å². The average Bonchev–Trinajstić information content (AvgIpc) is 2.51. The summed E-state index contributed by atoms with van der Waals surface area (Å²) in [5.74, 6) is -0.552. The lowest BCUT2D eigenvalue weighted by Gasteiger charge is -2.07. The van der Waals surface area contributed by atoms with Gasteiger partial charge in [0, 0.05) is 18.7 Å². The summed E-state index contributed by atoms with van der Waals surface area (Å²) in [6, 6.07) is 5.56. The molecule has 0 radical (unpaired) electrons. The molecule has 0 N–H and O–H groups in total. The van der Waals surface area contributed by atoms with Crippen molar-refractivity contribution in [3.8, 4) is 5.75 Å². The lowest BCUT2D eigenvalue weighted by molar-refractivity contribution is -0.757. The van der Waals surface area contributed by atoms with Gasteiger partial charge in [0.25, 0.3) is 10.8 Å². The summed E-state index contributed by atoms with van der Waals surface area (Å²) in [5.41, 5.74) is 0.0453. The van der Waals surface area contributed by atoms with Gasteiger partial charge < -0.3 is 9.57 Å². The molecule has 23 heavy (non-hydrogen) atoms. The fraction of sp³-hybridized carbons (Fsp3) is 0.231. The van der Waals surface area contributed by atoms with Crippen LogP contribution in [0.2, 0.25) is 0 Å². The van der Waals surface area contributed by atoms with Crippen LogP contribution in [0.15, 0.2) is 30.5 Å². The Kier molecular flexibility index (Phi) is 4.97. The van der Waals surface area contributed by atoms with Crippen molar-refractivity contribution in [1.29, 1.82) is 0 Å². The number of hydrogen-bond donors (Lipinski definition) is 0. The third kappa shape index (κ3) is 4.09. The first-order valence-electron chi connectivity index (χ1n) is 6.49. The fourth-order valence-electron chi connectivity index (χ4n) is 1.90. The van der Waals surface area contributed by atoms with Gasteiger partial charge in [-0.15, -0.1) is 10.1 Å². The highest BCUT2D eigenvalue weighted by atomic mass is 16.9. The van der Waals surface area contributed by atoms with Crippen molar-refractivity contribution in [3.63, 3.8) is 0 Å². The van der Waals surface area contributed by atoms with Crippen LogP contribution in [0.1, 0.15) is 12.8 Å². The van der Waals surface area contributed by atoms with Crippen LogP contribution in [0, 0.1) is 20.2 Å². The van der Waals surface area contributed by atoms with Crippen LogP contribution in [0.3, 0.4) is 0 Å². The standard InChI is InChI=1S/C13H11N3O7/c17-12(4-2-8-22-16(20)21)23-11-6-5-10(15(18)19)9-3-1-7-14-13(9)11/h1,3,5-7H,2,4,8H2. The Morgan fingerprint density at radius 2 is 2.00 bits per heavy atom. The molecule has 0 unspecified atom stereocenters. The van der Waals surface area contributed by atoms with E-state index in [1.165, 1.54) is 30.5 Å². The number of rotatable bonds is 7. The van der Waals surface area contributed by atoms with E-state index in [-0.39, 0.29) is 41.8 Å². The molecule has 0 aliphatic rings. The summed E-state index contributed by atoms with van der Waals surface area (Å²) in [4.78, 5) is 40.2. The molecule has 0 aliphatic carbocycles. The van der Waals surface area contributed by atoms with Crippen LogP contribution in [0.4, 0.5) is 5.69 Å². The Labute approximate surface area is 128 Å². The number of nitrogens with zero attached hydrogens (tertiary/aromatic N) is 3. The predicted octanol–water partition coefficient (Wildman–Crippen LogP) is 2.04. The number of nitro groups is 1. The van der Waals surface area contributed by atoms with Crippen molar-refractivity contribution >= 4 is 22.6 Å². The number of fused-ring (bicyclic) bond motifs is 1. The zero-order valence-corrected chi connectivity index (χ0v) is 11.7. The topological polar surface area (TPSA) is 135 Å². The van der Waals surface area contributed by atoms with Crippen LogP contribution >= 0.6 is 0 Å². The summed E-state index contributed by atoms with van der Waals surface area (Å²) < 4.78 is 5.12. The molecule has 0 amide bonds. The largest absolute Gasteiger partial charge is 0.424 e. The number of esters is 1. The number of pyridine rings is 1. The summed E-state index contributed by atoms with van der Waals surface area (Å²) in [5, 5.41) is 20.3. The molecule has 120 valence electrons. The highest BCUT2D eigenvalue weighted by molar-refractivity contribution is 5.93. The van der Waals surface area contributed by atoms with Gasteiger partial charge in [-0.2, -0.15) is 0 Å². The number of carbonyl (C=O) groups excluding carboxylic acids is 1. The zero-order valence-electron chi connectivity index (χ0n) is 11.7. The third-order valence-electron chi connectivity index (χ3n) is 2.85. The number of hydrogen-bond acceptors (Lipinski definition) is 8. The smallest absolute Gasteiger partial charge is 0.311 e. The van der Waals surface area contributed by atoms with Crippen molar-refractivity contribution in [3.05, 3.63) is 50.7 Å². The Balaban J connectivity index is 2.11. The van der Waals surface area contributed by atoms with Gasteiger partial charge >= 0.3 is 5.97 Å². The second kappa shape index (κ2) is 7.11. The van der Waals surface area contributed by atoms with Crippen LogP contribution in [-0.2, 0) is 9.63 Å². The van der Waals surface area contributed by atoms with Gasteiger partial charge in [0.15, 0.2) is 5.75 Å². The number of non-ortho nitro benzene ring substituents is 1. The molecule has 0 saturated carbocycles. The first kappa shape index (κ1) is 16.1. The van der Waals surface area contributed by atoms with E-state index in [1.807, 2.05) is 0 Å². The lowest BCUT2D eigenvalue weighted by atomic mass is 10.1. The molecule has 0 bridgehead atoms. The van der Waals surface area contributed by atoms with E-state index >= 15 is 0 Å². The van der Waals surface area contributed by atoms with E-state index in [9.17, 15) is 25.0 Å². The number of carbonyl (C=O) groups is 1. The van der Waals surface area contributed by atoms with Crippen LogP contribution in [0.25, 0.3) is 10.9 Å². The van der Waals surface area contributed by atoms with Gasteiger partial charge in [0.05, 0.1) is 16.9 Å². The molecule has 2 aromatic rings. The molecular formula is C13H11N3O7. The minimum absolute atomic E-state index is 0.0893. The van der Waals surface area contributed by atoms with E-state index < -0.39 is 16.0 Å². The van der Waals surface area contributed by atoms with E-state index in [0.717, 1.165) is 0 Å². The van der Waals surface area contributed by atoms with Gasteiger partial charge in [-0.25, -0.2) is 0 Å². The predicted molar refractivity (Wildman–Crippen MR) is 76.2 cm³/mol. The van der Waals surface area contributed by atoms with Gasteiger partial charge in [0.2, 0.25) is 0 Å². The van der Waals surface area contributed by atoms with Crippen molar-refractivity contribution < 1.29 is 24.4 Å². The average molecular weight is 321 g/mol. The number of benzene rings is 1. The molecule has 10 nitrogen and oxygen atoms in total. The van der Waals surface area contributed by atoms with Gasteiger partial charge in [-0.05, 0) is 24.6 Å². The normalized spacial score (nSPS) is 10.3. The Morgan fingerprint density at radius 3 is 2.70 bits per heavy atom. The van der Waals surface area contributed by atoms with E-state index in [1.54, 1.807) is 0 Å². The maximum atomic E-state index is 11.7. The molecule has 10 heteroatoms. The second-order valence-corrected chi connectivity index (χ2v) is 4.37. The highest BCUT2D eigenvalue weighted by Crippen LogP contribution is 2.31. The number of ether oxygens (including phenoxy) is 1. The molecular weight excluding hydrogens is 310 g/mol. The summed E-state index contributed by atoms with van der Waals surface area (Å²) in [7, 11) is 0.